The fourth-order valence-electron chi connectivity index (χ4n) is 0. The average Bonchev–Trinajstić information content (AvgIpc) is 0.918. The van der Waals surface area contributed by atoms with Gasteiger partial charge in [-0.05, 0) is 11.0 Å². The van der Waals surface area contributed by atoms with Gasteiger partial charge < -0.3 is 0 Å². The largest absolute Gasteiger partial charge is 0.0149 e. The first-order chi connectivity index (χ1) is 1.41. The number of rotatable bonds is 0. The number of hydrogen-bond acceptors (Lipinski definition) is 0. The SMILES string of the molecule is C[I-]C.[SiH4]. The second-order valence-electron chi connectivity index (χ2n) is 0.378. The molecule has 0 heterocycles. The summed E-state index contributed by atoms with van der Waals surface area (Å²) in [5, 5.41) is 0. The smallest absolute Gasteiger partial charge is 0.0149 e. The second kappa shape index (κ2) is 9.04. The zero-order valence-corrected chi connectivity index (χ0v) is 4.54. The van der Waals surface area contributed by atoms with E-state index in [0.717, 1.165) is 0 Å². The molecule has 4 heavy (non-hydrogen) atoms. The van der Waals surface area contributed by atoms with Gasteiger partial charge in [0, 0.05) is 0 Å². The molecule has 0 aliphatic rings. The van der Waals surface area contributed by atoms with Crippen LogP contribution in [0.25, 0.3) is 0 Å². The zero-order chi connectivity index (χ0) is 2.71. The van der Waals surface area contributed by atoms with Crippen molar-refractivity contribution in [3.05, 3.63) is 0 Å². The van der Waals surface area contributed by atoms with Crippen molar-refractivity contribution in [2.75, 3.05) is 9.86 Å². The molecule has 0 atom stereocenters. The van der Waals surface area contributed by atoms with Crippen LogP contribution in [-0.4, -0.2) is 20.8 Å². The Labute approximate surface area is 42.3 Å². The molecular formula is C2H10ISi-. The molecule has 0 saturated carbocycles. The fraction of sp³-hybridized carbons (Fsp3) is 1.00. The molecule has 0 spiro atoms. The van der Waals surface area contributed by atoms with Crippen molar-refractivity contribution < 1.29 is 21.2 Å². The summed E-state index contributed by atoms with van der Waals surface area (Å²) < 4.78 is 0. The Bertz CT molecular complexity index is 6.00. The van der Waals surface area contributed by atoms with E-state index >= 15 is 0 Å². The molecule has 0 N–H and O–H groups in total. The third-order valence-electron chi connectivity index (χ3n) is 0. The minimum atomic E-state index is 0. The predicted molar refractivity (Wildman–Crippen MR) is 23.2 cm³/mol. The van der Waals surface area contributed by atoms with Crippen molar-refractivity contribution >= 4 is 11.0 Å². The van der Waals surface area contributed by atoms with Crippen molar-refractivity contribution in [1.29, 1.82) is 0 Å². The van der Waals surface area contributed by atoms with Crippen LogP contribution >= 0.6 is 0 Å². The molecule has 0 aliphatic heterocycles. The van der Waals surface area contributed by atoms with Crippen LogP contribution in [-0.2, 0) is 0 Å². The standard InChI is InChI=1S/C2H6I.H4Si/c1-3-2;/h1-2H3;1H4/q-1;. The van der Waals surface area contributed by atoms with Crippen molar-refractivity contribution in [3.63, 3.8) is 0 Å². The van der Waals surface area contributed by atoms with E-state index in [4.69, 9.17) is 0 Å². The second-order valence-corrected chi connectivity index (χ2v) is 2.54. The molecule has 0 rings (SSSR count). The van der Waals surface area contributed by atoms with Crippen molar-refractivity contribution in [2.24, 2.45) is 0 Å². The first kappa shape index (κ1) is 8.87. The summed E-state index contributed by atoms with van der Waals surface area (Å²) in [6.07, 6.45) is 0. The van der Waals surface area contributed by atoms with Gasteiger partial charge in [0.05, 0.1) is 0 Å². The number of alkyl halides is 2. The van der Waals surface area contributed by atoms with Crippen LogP contribution in [0.3, 0.4) is 0 Å². The molecule has 0 nitrogen and oxygen atoms in total. The van der Waals surface area contributed by atoms with Crippen LogP contribution in [0.5, 0.6) is 0 Å². The van der Waals surface area contributed by atoms with Crippen molar-refractivity contribution in [2.45, 2.75) is 0 Å². The Kier molecular flexibility index (Phi) is 20.1. The van der Waals surface area contributed by atoms with Gasteiger partial charge in [-0.3, -0.25) is 0 Å². The summed E-state index contributed by atoms with van der Waals surface area (Å²) in [4.78, 5) is 4.47. The summed E-state index contributed by atoms with van der Waals surface area (Å²) >= 11 is 0.590. The maximum absolute atomic E-state index is 2.24. The van der Waals surface area contributed by atoms with E-state index in [2.05, 4.69) is 9.86 Å². The van der Waals surface area contributed by atoms with E-state index in [-0.39, 0.29) is 11.0 Å². The number of halogens is 1. The molecule has 0 aromatic rings. The normalized spacial score (nSPS) is 5.50. The molecule has 0 aromatic heterocycles. The first-order valence-corrected chi connectivity index (χ1v) is 5.07. The average molecular weight is 189 g/mol. The fourth-order valence-corrected chi connectivity index (χ4v) is 0. The van der Waals surface area contributed by atoms with Gasteiger partial charge in [-0.25, -0.2) is 0 Å². The Morgan fingerprint density at radius 2 is 1.25 bits per heavy atom. The molecule has 0 unspecified atom stereocenters. The van der Waals surface area contributed by atoms with Crippen LogP contribution in [0.1, 0.15) is 0 Å². The maximum atomic E-state index is 2.24. The predicted octanol–water partition coefficient (Wildman–Crippen LogP) is -4.12. The Morgan fingerprint density at radius 3 is 1.25 bits per heavy atom. The molecule has 0 bridgehead atoms. The van der Waals surface area contributed by atoms with Gasteiger partial charge >= 0.3 is 31.1 Å². The molecule has 0 aromatic carbocycles. The van der Waals surface area contributed by atoms with Gasteiger partial charge in [0.25, 0.3) is 0 Å². The number of hydrogen-bond donors (Lipinski definition) is 0. The Morgan fingerprint density at radius 1 is 1.25 bits per heavy atom. The van der Waals surface area contributed by atoms with E-state index in [1.165, 1.54) is 0 Å². The van der Waals surface area contributed by atoms with Gasteiger partial charge in [-0.15, -0.1) is 0 Å². The van der Waals surface area contributed by atoms with Crippen LogP contribution in [0.2, 0.25) is 0 Å². The van der Waals surface area contributed by atoms with Gasteiger partial charge in [0.1, 0.15) is 0 Å². The van der Waals surface area contributed by atoms with E-state index in [1.807, 2.05) is 0 Å². The molecule has 2 heteroatoms. The third-order valence-corrected chi connectivity index (χ3v) is 0. The summed E-state index contributed by atoms with van der Waals surface area (Å²) in [6, 6.07) is 0. The van der Waals surface area contributed by atoms with Crippen LogP contribution in [0, 0.1) is 0 Å². The minimum Gasteiger partial charge on any atom is -0.0149 e. The molecule has 0 amide bonds. The molecule has 30 valence electrons. The van der Waals surface area contributed by atoms with Gasteiger partial charge in [0.2, 0.25) is 0 Å². The summed E-state index contributed by atoms with van der Waals surface area (Å²) in [5.41, 5.74) is 0. The van der Waals surface area contributed by atoms with E-state index < -0.39 is 0 Å². The van der Waals surface area contributed by atoms with E-state index in [1.54, 1.807) is 0 Å². The quantitative estimate of drug-likeness (QED) is 0.206. The topological polar surface area (TPSA) is 0 Å². The molecule has 0 saturated heterocycles. The first-order valence-electron chi connectivity index (χ1n) is 0.756. The minimum absolute atomic E-state index is 0. The van der Waals surface area contributed by atoms with Gasteiger partial charge in [0.15, 0.2) is 0 Å². The molecule has 0 radical (unpaired) electrons. The van der Waals surface area contributed by atoms with Gasteiger partial charge in [-0.2, -0.15) is 0 Å². The van der Waals surface area contributed by atoms with Gasteiger partial charge in [-0.1, -0.05) is 0 Å². The van der Waals surface area contributed by atoms with Crippen LogP contribution < -0.4 is 21.2 Å². The summed E-state index contributed by atoms with van der Waals surface area (Å²) in [7, 11) is 0. The van der Waals surface area contributed by atoms with E-state index in [0.29, 0.717) is 21.2 Å². The summed E-state index contributed by atoms with van der Waals surface area (Å²) in [6.45, 7) is 0. The molecular weight excluding hydrogens is 179 g/mol. The Balaban J connectivity index is 0. The molecule has 0 aliphatic carbocycles. The van der Waals surface area contributed by atoms with Crippen LogP contribution in [0.4, 0.5) is 0 Å². The van der Waals surface area contributed by atoms with Crippen molar-refractivity contribution in [3.8, 4) is 0 Å². The zero-order valence-electron chi connectivity index (χ0n) is 2.38. The monoisotopic (exact) mass is 189 g/mol. The molecule has 0 fully saturated rings. The third kappa shape index (κ3) is 12.5. The summed E-state index contributed by atoms with van der Waals surface area (Å²) in [5.74, 6) is 0. The van der Waals surface area contributed by atoms with E-state index in [9.17, 15) is 0 Å². The maximum Gasteiger partial charge on any atom is -0.0149 e. The Hall–Kier alpha value is 0.947. The van der Waals surface area contributed by atoms with Crippen LogP contribution in [0.15, 0.2) is 0 Å². The van der Waals surface area contributed by atoms with Crippen molar-refractivity contribution in [1.82, 2.24) is 0 Å².